The van der Waals surface area contributed by atoms with Crippen molar-refractivity contribution in [2.75, 3.05) is 41.7 Å². The number of rotatable bonds is 4. The van der Waals surface area contributed by atoms with Crippen LogP contribution in [0.3, 0.4) is 0 Å². The van der Waals surface area contributed by atoms with Crippen LogP contribution >= 0.6 is 0 Å². The van der Waals surface area contributed by atoms with Crippen LogP contribution in [0, 0.1) is 5.82 Å². The van der Waals surface area contributed by atoms with E-state index in [1.165, 1.54) is 12.1 Å². The van der Waals surface area contributed by atoms with Crippen molar-refractivity contribution in [1.82, 2.24) is 14.9 Å². The number of nitrogens with zero attached hydrogens (tertiary/aromatic N) is 4. The third kappa shape index (κ3) is 5.25. The first-order chi connectivity index (χ1) is 17.6. The van der Waals surface area contributed by atoms with E-state index in [0.29, 0.717) is 30.9 Å². The number of amides is 3. The Balaban J connectivity index is 1.18. The van der Waals surface area contributed by atoms with Gasteiger partial charge in [0.1, 0.15) is 11.6 Å². The zero-order valence-electron chi connectivity index (χ0n) is 19.5. The second kappa shape index (κ2) is 10.4. The summed E-state index contributed by atoms with van der Waals surface area (Å²) in [4.78, 5) is 37.9. The minimum Gasteiger partial charge on any atom is -0.355 e. The summed E-state index contributed by atoms with van der Waals surface area (Å²) in [6.07, 6.45) is 3.93. The van der Waals surface area contributed by atoms with Crippen LogP contribution in [-0.4, -0.2) is 53.0 Å². The average molecular weight is 485 g/mol. The first-order valence-corrected chi connectivity index (χ1v) is 11.7. The number of fused-ring (bicyclic) bond motifs is 1. The summed E-state index contributed by atoms with van der Waals surface area (Å²) < 4.78 is 13.9. The Morgan fingerprint density at radius 2 is 1.67 bits per heavy atom. The second-order valence-electron chi connectivity index (χ2n) is 8.51. The highest BCUT2D eigenvalue weighted by atomic mass is 19.1. The lowest BCUT2D eigenvalue weighted by Crippen LogP contribution is -2.38. The maximum Gasteiger partial charge on any atom is 0.321 e. The first-order valence-electron chi connectivity index (χ1n) is 11.7. The Morgan fingerprint density at radius 1 is 0.833 bits per heavy atom. The molecule has 0 spiro atoms. The van der Waals surface area contributed by atoms with Gasteiger partial charge < -0.3 is 20.4 Å². The number of anilines is 3. The van der Waals surface area contributed by atoms with Gasteiger partial charge in [-0.05, 0) is 42.8 Å². The Labute approximate surface area is 207 Å². The van der Waals surface area contributed by atoms with Crippen LogP contribution in [0.4, 0.5) is 26.4 Å². The molecule has 2 aromatic carbocycles. The number of carbonyl (C=O) groups excluding carboxylic acids is 2. The van der Waals surface area contributed by atoms with E-state index >= 15 is 0 Å². The monoisotopic (exact) mass is 484 g/mol. The van der Waals surface area contributed by atoms with Gasteiger partial charge in [-0.1, -0.05) is 30.3 Å². The van der Waals surface area contributed by atoms with Gasteiger partial charge in [0.15, 0.2) is 0 Å². The lowest BCUT2D eigenvalue weighted by atomic mass is 10.1. The number of carbonyl (C=O) groups is 2. The van der Waals surface area contributed by atoms with Gasteiger partial charge in [-0.25, -0.2) is 14.2 Å². The number of hydrogen-bond acceptors (Lipinski definition) is 5. The molecule has 1 saturated heterocycles. The first kappa shape index (κ1) is 23.2. The molecule has 182 valence electrons. The molecule has 0 radical (unpaired) electrons. The molecule has 0 saturated carbocycles. The number of para-hydroxylation sites is 2. The standard InChI is InChI=1S/C27H25FN6O2/c28-22-7-2-4-9-24(22)32-27(36)34-13-5-12-33(14-15-34)25-11-10-21(18-30-25)31-26(35)20-16-19-6-1-3-8-23(19)29-17-20/h1-4,6-11,16-18H,5,12-15H2,(H,31,35)(H,32,36). The number of aromatic nitrogens is 2. The zero-order chi connectivity index (χ0) is 24.9. The topological polar surface area (TPSA) is 90.5 Å². The number of halogens is 1. The highest BCUT2D eigenvalue weighted by Crippen LogP contribution is 2.19. The van der Waals surface area contributed by atoms with E-state index in [-0.39, 0.29) is 17.6 Å². The molecule has 1 aliphatic heterocycles. The van der Waals surface area contributed by atoms with Crippen molar-refractivity contribution in [2.24, 2.45) is 0 Å². The molecule has 8 nitrogen and oxygen atoms in total. The smallest absolute Gasteiger partial charge is 0.321 e. The zero-order valence-corrected chi connectivity index (χ0v) is 19.5. The number of urea groups is 1. The van der Waals surface area contributed by atoms with E-state index < -0.39 is 5.82 Å². The van der Waals surface area contributed by atoms with Gasteiger partial charge in [-0.2, -0.15) is 0 Å². The van der Waals surface area contributed by atoms with Crippen molar-refractivity contribution >= 4 is 40.0 Å². The fourth-order valence-corrected chi connectivity index (χ4v) is 4.15. The van der Waals surface area contributed by atoms with E-state index in [1.807, 2.05) is 42.5 Å². The van der Waals surface area contributed by atoms with Crippen LogP contribution in [0.1, 0.15) is 16.8 Å². The van der Waals surface area contributed by atoms with Gasteiger partial charge in [-0.3, -0.25) is 9.78 Å². The molecule has 3 amide bonds. The molecule has 0 bridgehead atoms. The summed E-state index contributed by atoms with van der Waals surface area (Å²) in [5, 5.41) is 6.41. The Hall–Kier alpha value is -4.53. The Bertz CT molecular complexity index is 1390. The molecule has 0 unspecified atom stereocenters. The summed E-state index contributed by atoms with van der Waals surface area (Å²) in [5.74, 6) is 0.0429. The van der Waals surface area contributed by atoms with Crippen molar-refractivity contribution in [3.8, 4) is 0 Å². The second-order valence-corrected chi connectivity index (χ2v) is 8.51. The largest absolute Gasteiger partial charge is 0.355 e. The minimum absolute atomic E-state index is 0.169. The van der Waals surface area contributed by atoms with Crippen LogP contribution in [0.5, 0.6) is 0 Å². The lowest BCUT2D eigenvalue weighted by molar-refractivity contribution is 0.102. The SMILES string of the molecule is O=C(Nc1ccc(N2CCCN(C(=O)Nc3ccccc3F)CC2)nc1)c1cnc2ccccc2c1. The molecule has 4 aromatic rings. The van der Waals surface area contributed by atoms with Crippen molar-refractivity contribution in [3.05, 3.63) is 90.5 Å². The van der Waals surface area contributed by atoms with Crippen molar-refractivity contribution in [2.45, 2.75) is 6.42 Å². The van der Waals surface area contributed by atoms with Crippen molar-refractivity contribution < 1.29 is 14.0 Å². The minimum atomic E-state index is -0.462. The normalized spacial score (nSPS) is 13.8. The van der Waals surface area contributed by atoms with Crippen LogP contribution in [-0.2, 0) is 0 Å². The molecule has 36 heavy (non-hydrogen) atoms. The van der Waals surface area contributed by atoms with E-state index in [4.69, 9.17) is 0 Å². The van der Waals surface area contributed by atoms with Gasteiger partial charge in [0.05, 0.1) is 28.7 Å². The molecular weight excluding hydrogens is 459 g/mol. The van der Waals surface area contributed by atoms with Gasteiger partial charge >= 0.3 is 6.03 Å². The quantitative estimate of drug-likeness (QED) is 0.436. The van der Waals surface area contributed by atoms with E-state index in [1.54, 1.807) is 29.4 Å². The van der Waals surface area contributed by atoms with Crippen LogP contribution < -0.4 is 15.5 Å². The van der Waals surface area contributed by atoms with Crippen LogP contribution in [0.25, 0.3) is 10.9 Å². The molecule has 2 aromatic heterocycles. The molecule has 5 rings (SSSR count). The van der Waals surface area contributed by atoms with Gasteiger partial charge in [0, 0.05) is 37.8 Å². The number of nitrogens with one attached hydrogen (secondary N) is 2. The molecule has 3 heterocycles. The predicted octanol–water partition coefficient (Wildman–Crippen LogP) is 4.77. The molecule has 9 heteroatoms. The highest BCUT2D eigenvalue weighted by molar-refractivity contribution is 6.05. The third-order valence-corrected chi connectivity index (χ3v) is 6.08. The number of pyridine rings is 2. The van der Waals surface area contributed by atoms with Crippen molar-refractivity contribution in [3.63, 3.8) is 0 Å². The predicted molar refractivity (Wildman–Crippen MR) is 138 cm³/mol. The van der Waals surface area contributed by atoms with Crippen LogP contribution in [0.15, 0.2) is 79.1 Å². The number of benzene rings is 2. The molecule has 1 aliphatic rings. The van der Waals surface area contributed by atoms with Gasteiger partial charge in [0.25, 0.3) is 5.91 Å². The van der Waals surface area contributed by atoms with E-state index in [2.05, 4.69) is 25.5 Å². The maximum atomic E-state index is 13.9. The summed E-state index contributed by atoms with van der Waals surface area (Å²) in [7, 11) is 0. The third-order valence-electron chi connectivity index (χ3n) is 6.08. The lowest BCUT2D eigenvalue weighted by Gasteiger charge is -2.23. The molecule has 1 fully saturated rings. The molecule has 0 aliphatic carbocycles. The van der Waals surface area contributed by atoms with E-state index in [0.717, 1.165) is 29.7 Å². The maximum absolute atomic E-state index is 13.9. The average Bonchev–Trinajstić information content (AvgIpc) is 3.17. The number of hydrogen-bond donors (Lipinski definition) is 2. The summed E-state index contributed by atoms with van der Waals surface area (Å²) >= 11 is 0. The Kier molecular flexibility index (Phi) is 6.70. The summed E-state index contributed by atoms with van der Waals surface area (Å²) in [6.45, 7) is 2.36. The van der Waals surface area contributed by atoms with Gasteiger partial charge in [0.2, 0.25) is 0 Å². The van der Waals surface area contributed by atoms with E-state index in [9.17, 15) is 14.0 Å². The fourth-order valence-electron chi connectivity index (χ4n) is 4.15. The van der Waals surface area contributed by atoms with Crippen LogP contribution in [0.2, 0.25) is 0 Å². The molecule has 0 atom stereocenters. The summed E-state index contributed by atoms with van der Waals surface area (Å²) in [5.41, 5.74) is 2.06. The molecular formula is C27H25FN6O2. The Morgan fingerprint density at radius 3 is 2.50 bits per heavy atom. The highest BCUT2D eigenvalue weighted by Gasteiger charge is 2.21. The fraction of sp³-hybridized carbons (Fsp3) is 0.185. The van der Waals surface area contributed by atoms with Gasteiger partial charge in [-0.15, -0.1) is 0 Å². The van der Waals surface area contributed by atoms with Crippen molar-refractivity contribution in [1.29, 1.82) is 0 Å². The molecule has 2 N–H and O–H groups in total. The summed E-state index contributed by atoms with van der Waals surface area (Å²) in [6, 6.07) is 18.9.